The number of ether oxygens (including phenoxy) is 2. The molecule has 1 aliphatic heterocycles. The van der Waals surface area contributed by atoms with Crippen molar-refractivity contribution in [2.24, 2.45) is 0 Å². The maximum atomic E-state index is 13.3. The first-order chi connectivity index (χ1) is 19.4. The lowest BCUT2D eigenvalue weighted by Crippen LogP contribution is -2.46. The second kappa shape index (κ2) is 12.0. The molecular formula is C29H33ClN6O4. The number of aliphatic hydroxyl groups excluding tert-OH is 1. The Hall–Kier alpha value is -4.02. The molecule has 1 N–H and O–H groups in total. The number of methoxy groups -OCH3 is 2. The molecule has 2 aromatic heterocycles. The minimum absolute atomic E-state index is 0.335. The van der Waals surface area contributed by atoms with Crippen LogP contribution in [0.25, 0.3) is 5.69 Å². The predicted octanol–water partition coefficient (Wildman–Crippen LogP) is 4.11. The molecule has 1 saturated heterocycles. The number of piperazine rings is 1. The molecule has 0 spiro atoms. The van der Waals surface area contributed by atoms with Crippen LogP contribution in [0.15, 0.2) is 71.9 Å². The van der Waals surface area contributed by atoms with Crippen LogP contribution < -0.4 is 25.0 Å². The summed E-state index contributed by atoms with van der Waals surface area (Å²) in [5.74, 6) is 2.27. The summed E-state index contributed by atoms with van der Waals surface area (Å²) in [5, 5.41) is 15.9. The average molecular weight is 565 g/mol. The zero-order chi connectivity index (χ0) is 28.2. The van der Waals surface area contributed by atoms with Gasteiger partial charge in [-0.2, -0.15) is 5.10 Å². The van der Waals surface area contributed by atoms with Gasteiger partial charge in [0.2, 0.25) is 0 Å². The average Bonchev–Trinajstić information content (AvgIpc) is 3.38. The van der Waals surface area contributed by atoms with Gasteiger partial charge in [-0.05, 0) is 48.4 Å². The Balaban J connectivity index is 1.26. The number of halogens is 1. The first kappa shape index (κ1) is 27.5. The molecule has 10 nitrogen and oxygen atoms in total. The molecule has 0 saturated carbocycles. The van der Waals surface area contributed by atoms with E-state index in [0.717, 1.165) is 37.7 Å². The van der Waals surface area contributed by atoms with E-state index in [2.05, 4.69) is 19.9 Å². The Morgan fingerprint density at radius 3 is 2.23 bits per heavy atom. The number of anilines is 2. The number of nitrogens with zero attached hydrogens (tertiary/aromatic N) is 6. The molecule has 0 amide bonds. The molecule has 2 atom stereocenters. The monoisotopic (exact) mass is 564 g/mol. The van der Waals surface area contributed by atoms with Crippen LogP contribution in [0.5, 0.6) is 11.5 Å². The van der Waals surface area contributed by atoms with Crippen molar-refractivity contribution in [3.63, 3.8) is 0 Å². The smallest absolute Gasteiger partial charge is 0.350 e. The summed E-state index contributed by atoms with van der Waals surface area (Å²) in [6, 6.07) is 16.2. The van der Waals surface area contributed by atoms with Gasteiger partial charge in [-0.25, -0.2) is 19.0 Å². The van der Waals surface area contributed by atoms with Gasteiger partial charge in [0, 0.05) is 43.0 Å². The third kappa shape index (κ3) is 5.50. The van der Waals surface area contributed by atoms with Crippen LogP contribution in [0, 0.1) is 0 Å². The lowest BCUT2D eigenvalue weighted by Gasteiger charge is -2.37. The van der Waals surface area contributed by atoms with Crippen LogP contribution in [0.3, 0.4) is 0 Å². The zero-order valence-corrected chi connectivity index (χ0v) is 23.5. The number of aromatic nitrogens is 4. The molecule has 4 aromatic rings. The van der Waals surface area contributed by atoms with Crippen molar-refractivity contribution in [3.05, 3.63) is 88.2 Å². The Morgan fingerprint density at radius 1 is 0.925 bits per heavy atom. The van der Waals surface area contributed by atoms with E-state index in [1.165, 1.54) is 15.6 Å². The second-order valence-electron chi connectivity index (χ2n) is 9.59. The molecule has 0 radical (unpaired) electrons. The number of hydrogen-bond acceptors (Lipinski definition) is 8. The molecule has 2 unspecified atom stereocenters. The minimum Gasteiger partial charge on any atom is -0.493 e. The SMILES string of the molecule is CCC(C(O)c1ccc(Cl)cc1)n1ncn(-c2ccc(N3CCN(c4ccc(OC)c(OC)c4)CC3)nc2)c1=O. The van der Waals surface area contributed by atoms with Crippen molar-refractivity contribution < 1.29 is 14.6 Å². The van der Waals surface area contributed by atoms with Crippen molar-refractivity contribution in [2.75, 3.05) is 50.2 Å². The van der Waals surface area contributed by atoms with Crippen LogP contribution >= 0.6 is 11.6 Å². The van der Waals surface area contributed by atoms with Gasteiger partial charge in [0.25, 0.3) is 0 Å². The van der Waals surface area contributed by atoms with Gasteiger partial charge in [-0.1, -0.05) is 30.7 Å². The fourth-order valence-electron chi connectivity index (χ4n) is 5.06. The topological polar surface area (TPSA) is 97.9 Å². The van der Waals surface area contributed by atoms with E-state index in [1.807, 2.05) is 37.3 Å². The normalized spacial score (nSPS) is 15.1. The number of pyridine rings is 1. The van der Waals surface area contributed by atoms with E-state index in [4.69, 9.17) is 21.1 Å². The predicted molar refractivity (Wildman–Crippen MR) is 155 cm³/mol. The minimum atomic E-state index is -0.901. The summed E-state index contributed by atoms with van der Waals surface area (Å²) in [5.41, 5.74) is 2.04. The molecule has 2 aromatic carbocycles. The highest BCUT2D eigenvalue weighted by Gasteiger charge is 2.25. The first-order valence-electron chi connectivity index (χ1n) is 13.2. The van der Waals surface area contributed by atoms with Gasteiger partial charge in [-0.15, -0.1) is 0 Å². The van der Waals surface area contributed by atoms with Crippen LogP contribution in [0.2, 0.25) is 5.02 Å². The summed E-state index contributed by atoms with van der Waals surface area (Å²) in [6.45, 7) is 5.19. The number of hydrogen-bond donors (Lipinski definition) is 1. The van der Waals surface area contributed by atoms with Crippen LogP contribution in [-0.2, 0) is 0 Å². The molecule has 1 fully saturated rings. The standard InChI is InChI=1S/C29H33ClN6O4/c1-4-24(28(37)20-5-7-21(30)8-6-20)36-29(38)35(19-32-36)23-10-12-27(31-18-23)34-15-13-33(14-16-34)22-9-11-25(39-2)26(17-22)40-3/h5-12,17-19,24,28,37H,4,13-16H2,1-3H3. The van der Waals surface area contributed by atoms with Crippen molar-refractivity contribution in [3.8, 4) is 17.2 Å². The Kier molecular flexibility index (Phi) is 8.27. The van der Waals surface area contributed by atoms with Crippen LogP contribution in [0.4, 0.5) is 11.5 Å². The van der Waals surface area contributed by atoms with Crippen molar-refractivity contribution in [1.29, 1.82) is 0 Å². The van der Waals surface area contributed by atoms with E-state index in [9.17, 15) is 9.90 Å². The third-order valence-electron chi connectivity index (χ3n) is 7.35. The summed E-state index contributed by atoms with van der Waals surface area (Å²) >= 11 is 5.98. The number of aliphatic hydroxyl groups is 1. The Morgan fingerprint density at radius 2 is 1.60 bits per heavy atom. The van der Waals surface area contributed by atoms with E-state index in [1.54, 1.807) is 44.7 Å². The fourth-order valence-corrected chi connectivity index (χ4v) is 5.18. The largest absolute Gasteiger partial charge is 0.493 e. The highest BCUT2D eigenvalue weighted by molar-refractivity contribution is 6.30. The summed E-state index contributed by atoms with van der Waals surface area (Å²) < 4.78 is 13.6. The number of benzene rings is 2. The van der Waals surface area contributed by atoms with Crippen LogP contribution in [-0.4, -0.2) is 64.8 Å². The molecule has 5 rings (SSSR count). The molecule has 11 heteroatoms. The molecule has 1 aliphatic rings. The highest BCUT2D eigenvalue weighted by Crippen LogP contribution is 2.32. The zero-order valence-electron chi connectivity index (χ0n) is 22.8. The maximum Gasteiger partial charge on any atom is 0.350 e. The van der Waals surface area contributed by atoms with E-state index in [0.29, 0.717) is 34.2 Å². The summed E-state index contributed by atoms with van der Waals surface area (Å²) in [6.07, 6.45) is 2.77. The Labute approximate surface area is 238 Å². The fraction of sp³-hybridized carbons (Fsp3) is 0.345. The number of rotatable bonds is 9. The van der Waals surface area contributed by atoms with Crippen molar-refractivity contribution in [1.82, 2.24) is 19.3 Å². The second-order valence-corrected chi connectivity index (χ2v) is 10.0. The molecular weight excluding hydrogens is 532 g/mol. The maximum absolute atomic E-state index is 13.3. The lowest BCUT2D eigenvalue weighted by atomic mass is 10.0. The molecule has 3 heterocycles. The highest BCUT2D eigenvalue weighted by atomic mass is 35.5. The van der Waals surface area contributed by atoms with Gasteiger partial charge in [0.05, 0.1) is 32.1 Å². The quantitative estimate of drug-likeness (QED) is 0.324. The molecule has 40 heavy (non-hydrogen) atoms. The van der Waals surface area contributed by atoms with Gasteiger partial charge >= 0.3 is 5.69 Å². The molecule has 210 valence electrons. The van der Waals surface area contributed by atoms with E-state index in [-0.39, 0.29) is 5.69 Å². The van der Waals surface area contributed by atoms with Gasteiger partial charge in [0.1, 0.15) is 18.2 Å². The van der Waals surface area contributed by atoms with Crippen LogP contribution in [0.1, 0.15) is 31.1 Å². The summed E-state index contributed by atoms with van der Waals surface area (Å²) in [4.78, 5) is 22.5. The van der Waals surface area contributed by atoms with Crippen molar-refractivity contribution in [2.45, 2.75) is 25.5 Å². The van der Waals surface area contributed by atoms with Gasteiger partial charge in [0.15, 0.2) is 11.5 Å². The van der Waals surface area contributed by atoms with Crippen molar-refractivity contribution >= 4 is 23.1 Å². The summed E-state index contributed by atoms with van der Waals surface area (Å²) in [7, 11) is 3.27. The van der Waals surface area contributed by atoms with Gasteiger partial charge in [-0.3, -0.25) is 0 Å². The van der Waals surface area contributed by atoms with E-state index < -0.39 is 12.1 Å². The third-order valence-corrected chi connectivity index (χ3v) is 7.60. The molecule has 0 aliphatic carbocycles. The Bertz CT molecular complexity index is 1480. The first-order valence-corrected chi connectivity index (χ1v) is 13.6. The van der Waals surface area contributed by atoms with E-state index >= 15 is 0 Å². The molecule has 0 bridgehead atoms. The lowest BCUT2D eigenvalue weighted by molar-refractivity contribution is 0.101. The van der Waals surface area contributed by atoms with Gasteiger partial charge < -0.3 is 24.4 Å².